The second kappa shape index (κ2) is 7.62. The third-order valence-electron chi connectivity index (χ3n) is 4.01. The van der Waals surface area contributed by atoms with Crippen LogP contribution in [0.4, 0.5) is 0 Å². The second-order valence-electron chi connectivity index (χ2n) is 6.23. The van der Waals surface area contributed by atoms with Crippen LogP contribution in [0.15, 0.2) is 75.7 Å². The normalized spacial score (nSPS) is 12.0. The number of benzene rings is 2. The standard InChI is InChI=1S/C20H16BrN3O3S/c1-23(2)13-14(12-22)20(25)19-11-16-17(21)9-6-10-18(16)24(19)28(26,27)15-7-4-3-5-8-15/h3-11,13H,1-2H3/b14-13+. The number of hydrogen-bond acceptors (Lipinski definition) is 5. The number of fused-ring (bicyclic) bond motifs is 1. The Bertz CT molecular complexity index is 1240. The molecule has 28 heavy (non-hydrogen) atoms. The first kappa shape index (κ1) is 19.9. The Morgan fingerprint density at radius 2 is 1.82 bits per heavy atom. The first-order valence-electron chi connectivity index (χ1n) is 8.21. The Morgan fingerprint density at radius 3 is 2.43 bits per heavy atom. The van der Waals surface area contributed by atoms with Gasteiger partial charge in [-0.15, -0.1) is 0 Å². The molecule has 142 valence electrons. The Hall–Kier alpha value is -2.89. The van der Waals surface area contributed by atoms with Gasteiger partial charge < -0.3 is 4.90 Å². The average Bonchev–Trinajstić information content (AvgIpc) is 3.08. The van der Waals surface area contributed by atoms with Crippen molar-refractivity contribution in [1.82, 2.24) is 8.87 Å². The largest absolute Gasteiger partial charge is 0.382 e. The zero-order chi connectivity index (χ0) is 20.5. The van der Waals surface area contributed by atoms with Crippen molar-refractivity contribution in [2.24, 2.45) is 0 Å². The number of carbonyl (C=O) groups is 1. The van der Waals surface area contributed by atoms with E-state index in [2.05, 4.69) is 15.9 Å². The van der Waals surface area contributed by atoms with Crippen LogP contribution in [-0.4, -0.2) is 37.2 Å². The fourth-order valence-electron chi connectivity index (χ4n) is 2.82. The fourth-order valence-corrected chi connectivity index (χ4v) is 4.81. The van der Waals surface area contributed by atoms with E-state index in [-0.39, 0.29) is 16.2 Å². The van der Waals surface area contributed by atoms with Gasteiger partial charge in [-0.25, -0.2) is 12.4 Å². The second-order valence-corrected chi connectivity index (χ2v) is 8.87. The third kappa shape index (κ3) is 3.46. The van der Waals surface area contributed by atoms with Crippen molar-refractivity contribution >= 4 is 42.6 Å². The van der Waals surface area contributed by atoms with Gasteiger partial charge in [0.05, 0.1) is 10.4 Å². The van der Waals surface area contributed by atoms with E-state index < -0.39 is 15.8 Å². The molecule has 0 atom stereocenters. The lowest BCUT2D eigenvalue weighted by molar-refractivity contribution is 0.103. The predicted molar refractivity (Wildman–Crippen MR) is 110 cm³/mol. The number of nitriles is 1. The van der Waals surface area contributed by atoms with Crippen molar-refractivity contribution in [2.45, 2.75) is 4.90 Å². The minimum absolute atomic E-state index is 0.0524. The van der Waals surface area contributed by atoms with Crippen molar-refractivity contribution in [3.8, 4) is 6.07 Å². The van der Waals surface area contributed by atoms with Crippen LogP contribution in [0.5, 0.6) is 0 Å². The summed E-state index contributed by atoms with van der Waals surface area (Å²) < 4.78 is 28.4. The maximum Gasteiger partial charge on any atom is 0.268 e. The summed E-state index contributed by atoms with van der Waals surface area (Å²) in [6.07, 6.45) is 1.37. The summed E-state index contributed by atoms with van der Waals surface area (Å²) >= 11 is 3.40. The number of nitrogens with zero attached hydrogens (tertiary/aromatic N) is 3. The summed E-state index contributed by atoms with van der Waals surface area (Å²) in [7, 11) is -0.704. The van der Waals surface area contributed by atoms with Crippen molar-refractivity contribution in [3.63, 3.8) is 0 Å². The van der Waals surface area contributed by atoms with Gasteiger partial charge in [-0.2, -0.15) is 5.26 Å². The number of Topliss-reactive ketones (excluding diaryl/α,β-unsaturated/α-hetero) is 1. The molecule has 0 saturated carbocycles. The zero-order valence-electron chi connectivity index (χ0n) is 15.1. The van der Waals surface area contributed by atoms with Crippen LogP contribution < -0.4 is 0 Å². The smallest absolute Gasteiger partial charge is 0.268 e. The van der Waals surface area contributed by atoms with Gasteiger partial charge >= 0.3 is 0 Å². The molecule has 0 N–H and O–H groups in total. The Balaban J connectivity index is 2.37. The number of hydrogen-bond donors (Lipinski definition) is 0. The molecule has 0 spiro atoms. The van der Waals surface area contributed by atoms with Gasteiger partial charge in [0.1, 0.15) is 17.3 Å². The van der Waals surface area contributed by atoms with Gasteiger partial charge in [-0.3, -0.25) is 4.79 Å². The van der Waals surface area contributed by atoms with Crippen molar-refractivity contribution in [3.05, 3.63) is 76.5 Å². The molecule has 0 amide bonds. The predicted octanol–water partition coefficient (Wildman–Crippen LogP) is 3.79. The van der Waals surface area contributed by atoms with E-state index in [1.54, 1.807) is 55.4 Å². The van der Waals surface area contributed by atoms with E-state index in [9.17, 15) is 18.5 Å². The molecule has 0 aliphatic rings. The van der Waals surface area contributed by atoms with Crippen LogP contribution in [0.25, 0.3) is 10.9 Å². The summed E-state index contributed by atoms with van der Waals surface area (Å²) in [4.78, 5) is 14.7. The number of ketones is 1. The average molecular weight is 458 g/mol. The highest BCUT2D eigenvalue weighted by Crippen LogP contribution is 2.31. The van der Waals surface area contributed by atoms with Crippen LogP contribution in [0, 0.1) is 11.3 Å². The topological polar surface area (TPSA) is 83.2 Å². The summed E-state index contributed by atoms with van der Waals surface area (Å²) in [6, 6.07) is 16.3. The molecular formula is C20H16BrN3O3S. The minimum atomic E-state index is -4.06. The Labute approximate surface area is 171 Å². The maximum atomic E-state index is 13.4. The lowest BCUT2D eigenvalue weighted by Crippen LogP contribution is -2.20. The van der Waals surface area contributed by atoms with Gasteiger partial charge in [0.25, 0.3) is 10.0 Å². The van der Waals surface area contributed by atoms with Crippen molar-refractivity contribution in [2.75, 3.05) is 14.1 Å². The highest BCUT2D eigenvalue weighted by molar-refractivity contribution is 9.10. The van der Waals surface area contributed by atoms with Crippen molar-refractivity contribution in [1.29, 1.82) is 5.26 Å². The molecule has 3 aromatic rings. The summed E-state index contributed by atoms with van der Waals surface area (Å²) in [5, 5.41) is 9.98. The van der Waals surface area contributed by atoms with Gasteiger partial charge in [-0.05, 0) is 30.3 Å². The molecule has 0 unspecified atom stereocenters. The van der Waals surface area contributed by atoms with Gasteiger partial charge in [0.2, 0.25) is 5.78 Å². The fraction of sp³-hybridized carbons (Fsp3) is 0.100. The van der Waals surface area contributed by atoms with E-state index in [0.717, 1.165) is 3.97 Å². The lowest BCUT2D eigenvalue weighted by Gasteiger charge is -2.12. The van der Waals surface area contributed by atoms with E-state index in [1.165, 1.54) is 24.4 Å². The molecule has 0 radical (unpaired) electrons. The SMILES string of the molecule is CN(C)/C=C(\C#N)C(=O)c1cc2c(Br)cccc2n1S(=O)(=O)c1ccccc1. The van der Waals surface area contributed by atoms with E-state index in [0.29, 0.717) is 15.4 Å². The van der Waals surface area contributed by atoms with Gasteiger partial charge in [0, 0.05) is 30.2 Å². The number of aromatic nitrogens is 1. The molecular weight excluding hydrogens is 442 g/mol. The first-order chi connectivity index (χ1) is 13.3. The maximum absolute atomic E-state index is 13.4. The quantitative estimate of drug-likeness (QED) is 0.330. The van der Waals surface area contributed by atoms with E-state index >= 15 is 0 Å². The Kier molecular flexibility index (Phi) is 5.40. The molecule has 0 fully saturated rings. The molecule has 1 aromatic heterocycles. The molecule has 0 aliphatic heterocycles. The lowest BCUT2D eigenvalue weighted by atomic mass is 10.1. The van der Waals surface area contributed by atoms with Crippen LogP contribution in [-0.2, 0) is 10.0 Å². The summed E-state index contributed by atoms with van der Waals surface area (Å²) in [5.74, 6) is -0.668. The van der Waals surface area contributed by atoms with E-state index in [4.69, 9.17) is 0 Å². The molecule has 0 aliphatic carbocycles. The Morgan fingerprint density at radius 1 is 1.14 bits per heavy atom. The molecule has 3 rings (SSSR count). The van der Waals surface area contributed by atoms with Crippen molar-refractivity contribution < 1.29 is 13.2 Å². The highest BCUT2D eigenvalue weighted by Gasteiger charge is 2.28. The number of halogens is 1. The summed E-state index contributed by atoms with van der Waals surface area (Å²) in [5.41, 5.74) is 0.0950. The first-order valence-corrected chi connectivity index (χ1v) is 10.4. The molecule has 6 nitrogen and oxygen atoms in total. The highest BCUT2D eigenvalue weighted by atomic mass is 79.9. The van der Waals surface area contributed by atoms with Crippen LogP contribution >= 0.6 is 15.9 Å². The monoisotopic (exact) mass is 457 g/mol. The summed E-state index contributed by atoms with van der Waals surface area (Å²) in [6.45, 7) is 0. The molecule has 0 saturated heterocycles. The molecule has 2 aromatic carbocycles. The minimum Gasteiger partial charge on any atom is -0.382 e. The zero-order valence-corrected chi connectivity index (χ0v) is 17.5. The third-order valence-corrected chi connectivity index (χ3v) is 6.45. The van der Waals surface area contributed by atoms with Gasteiger partial charge in [0.15, 0.2) is 0 Å². The number of allylic oxidation sites excluding steroid dienone is 1. The molecule has 8 heteroatoms. The number of rotatable bonds is 5. The van der Waals surface area contributed by atoms with Crippen LogP contribution in [0.1, 0.15) is 10.5 Å². The van der Waals surface area contributed by atoms with Crippen LogP contribution in [0.2, 0.25) is 0 Å². The van der Waals surface area contributed by atoms with E-state index in [1.807, 2.05) is 6.07 Å². The van der Waals surface area contributed by atoms with Gasteiger partial charge in [-0.1, -0.05) is 40.2 Å². The molecule has 1 heterocycles. The van der Waals surface area contributed by atoms with Crippen LogP contribution in [0.3, 0.4) is 0 Å². The molecule has 0 bridgehead atoms. The number of carbonyl (C=O) groups excluding carboxylic acids is 1.